The first kappa shape index (κ1) is 53.3. The minimum atomic E-state index is -0.828. The Hall–Kier alpha value is -2.66. The predicted molar refractivity (Wildman–Crippen MR) is 242 cm³/mol. The molecule has 56 heavy (non-hydrogen) atoms. The zero-order valence-electron chi connectivity index (χ0n) is 36.6. The number of aliphatic hydroxyl groups is 1. The van der Waals surface area contributed by atoms with Crippen molar-refractivity contribution in [2.24, 2.45) is 0 Å². The van der Waals surface area contributed by atoms with E-state index in [9.17, 15) is 14.7 Å². The van der Waals surface area contributed by atoms with E-state index in [1.807, 2.05) is 6.08 Å². The Kier molecular flexibility index (Phi) is 44.5. The lowest BCUT2D eigenvalue weighted by molar-refractivity contribution is -0.160. The molecule has 0 spiro atoms. The van der Waals surface area contributed by atoms with Crippen LogP contribution in [0.4, 0.5) is 0 Å². The van der Waals surface area contributed by atoms with Crippen LogP contribution >= 0.6 is 0 Å². The van der Waals surface area contributed by atoms with E-state index in [-0.39, 0.29) is 25.6 Å². The third kappa shape index (κ3) is 44.1. The first-order valence-corrected chi connectivity index (χ1v) is 23.5. The maximum atomic E-state index is 12.1. The van der Waals surface area contributed by atoms with E-state index in [1.165, 1.54) is 141 Å². The molecule has 1 atom stereocenters. The van der Waals surface area contributed by atoms with Crippen LogP contribution < -0.4 is 0 Å². The molecule has 1 unspecified atom stereocenters. The second kappa shape index (κ2) is 46.7. The van der Waals surface area contributed by atoms with Gasteiger partial charge in [-0.1, -0.05) is 215 Å². The minimum Gasteiger partial charge on any atom is -0.462 e. The molecule has 0 saturated heterocycles. The quantitative estimate of drug-likeness (QED) is 0.0379. The topological polar surface area (TPSA) is 72.8 Å². The second-order valence-electron chi connectivity index (χ2n) is 15.5. The van der Waals surface area contributed by atoms with Crippen LogP contribution in [-0.2, 0) is 19.1 Å². The smallest absolute Gasteiger partial charge is 0.310 e. The molecule has 1 N–H and O–H groups in total. The number of unbranched alkanes of at least 4 members (excludes halogenated alkanes) is 23. The van der Waals surface area contributed by atoms with Gasteiger partial charge in [-0.3, -0.25) is 9.59 Å². The molecular weight excluding hydrogens is 693 g/mol. The Morgan fingerprint density at radius 1 is 0.446 bits per heavy atom. The normalized spacial score (nSPS) is 12.8. The Balaban J connectivity index is 3.55. The van der Waals surface area contributed by atoms with Crippen molar-refractivity contribution in [1.29, 1.82) is 0 Å². The van der Waals surface area contributed by atoms with Crippen molar-refractivity contribution in [2.75, 3.05) is 13.2 Å². The van der Waals surface area contributed by atoms with Gasteiger partial charge in [-0.15, -0.1) is 0 Å². The molecule has 0 bridgehead atoms. The van der Waals surface area contributed by atoms with E-state index in [4.69, 9.17) is 9.47 Å². The van der Waals surface area contributed by atoms with Crippen molar-refractivity contribution in [3.63, 3.8) is 0 Å². The number of aliphatic hydroxyl groups excluding tert-OH is 1. The van der Waals surface area contributed by atoms with Crippen LogP contribution in [0.15, 0.2) is 72.9 Å². The van der Waals surface area contributed by atoms with Gasteiger partial charge >= 0.3 is 11.9 Å². The molecule has 322 valence electrons. The highest BCUT2D eigenvalue weighted by molar-refractivity contribution is 5.71. The van der Waals surface area contributed by atoms with Gasteiger partial charge < -0.3 is 14.6 Å². The average Bonchev–Trinajstić information content (AvgIpc) is 3.20. The lowest BCUT2D eigenvalue weighted by Gasteiger charge is -2.15. The maximum Gasteiger partial charge on any atom is 0.310 e. The molecule has 0 aromatic rings. The van der Waals surface area contributed by atoms with Crippen LogP contribution in [0.2, 0.25) is 0 Å². The Labute approximate surface area is 346 Å². The zero-order chi connectivity index (χ0) is 40.7. The molecule has 0 saturated carbocycles. The molecule has 0 aliphatic rings. The molecule has 0 aromatic carbocycles. The van der Waals surface area contributed by atoms with Crippen LogP contribution in [0, 0.1) is 0 Å². The summed E-state index contributed by atoms with van der Waals surface area (Å²) in [4.78, 5) is 24.3. The fourth-order valence-corrected chi connectivity index (χ4v) is 6.51. The van der Waals surface area contributed by atoms with Crippen LogP contribution in [0.3, 0.4) is 0 Å². The van der Waals surface area contributed by atoms with E-state index >= 15 is 0 Å². The second-order valence-corrected chi connectivity index (χ2v) is 15.5. The molecule has 0 aliphatic carbocycles. The van der Waals surface area contributed by atoms with Gasteiger partial charge in [0.25, 0.3) is 0 Å². The summed E-state index contributed by atoms with van der Waals surface area (Å²) < 4.78 is 10.5. The molecule has 0 rings (SSSR count). The summed E-state index contributed by atoms with van der Waals surface area (Å²) in [5.74, 6) is -0.737. The molecule has 5 heteroatoms. The number of ether oxygens (including phenoxy) is 2. The summed E-state index contributed by atoms with van der Waals surface area (Å²) in [7, 11) is 0. The number of rotatable bonds is 42. The Morgan fingerprint density at radius 3 is 1.23 bits per heavy atom. The first-order valence-electron chi connectivity index (χ1n) is 23.5. The van der Waals surface area contributed by atoms with E-state index in [0.717, 1.165) is 51.4 Å². The van der Waals surface area contributed by atoms with Gasteiger partial charge in [0.15, 0.2) is 6.10 Å². The van der Waals surface area contributed by atoms with E-state index in [2.05, 4.69) is 74.6 Å². The average molecular weight is 781 g/mol. The fraction of sp³-hybridized carbons (Fsp3) is 0.725. The molecule has 0 aliphatic heterocycles. The van der Waals surface area contributed by atoms with Crippen molar-refractivity contribution in [2.45, 2.75) is 225 Å². The third-order valence-corrected chi connectivity index (χ3v) is 10.0. The zero-order valence-corrected chi connectivity index (χ0v) is 36.6. The minimum absolute atomic E-state index is 0.107. The number of carbonyl (C=O) groups excluding carboxylic acids is 2. The highest BCUT2D eigenvalue weighted by atomic mass is 16.6. The highest BCUT2D eigenvalue weighted by Gasteiger charge is 2.15. The van der Waals surface area contributed by atoms with Gasteiger partial charge in [0.1, 0.15) is 6.61 Å². The van der Waals surface area contributed by atoms with Gasteiger partial charge in [0.2, 0.25) is 0 Å². The van der Waals surface area contributed by atoms with Crippen LogP contribution in [0.1, 0.15) is 219 Å². The van der Waals surface area contributed by atoms with Gasteiger partial charge in [-0.25, -0.2) is 0 Å². The van der Waals surface area contributed by atoms with Crippen LogP contribution in [0.5, 0.6) is 0 Å². The van der Waals surface area contributed by atoms with Crippen LogP contribution in [0.25, 0.3) is 0 Å². The van der Waals surface area contributed by atoms with E-state index in [0.29, 0.717) is 6.42 Å². The van der Waals surface area contributed by atoms with E-state index in [1.54, 1.807) is 6.08 Å². The highest BCUT2D eigenvalue weighted by Crippen LogP contribution is 2.15. The lowest BCUT2D eigenvalue weighted by atomic mass is 10.0. The number of allylic oxidation sites excluding steroid dienone is 11. The molecule has 0 fully saturated rings. The van der Waals surface area contributed by atoms with Gasteiger partial charge in [-0.05, 0) is 64.2 Å². The Bertz CT molecular complexity index is 1020. The monoisotopic (exact) mass is 781 g/mol. The maximum absolute atomic E-state index is 12.1. The molecular formula is C51H88O5. The molecule has 0 amide bonds. The van der Waals surface area contributed by atoms with Gasteiger partial charge in [0.05, 0.1) is 13.0 Å². The van der Waals surface area contributed by atoms with E-state index < -0.39 is 12.1 Å². The number of hydrogen-bond acceptors (Lipinski definition) is 5. The van der Waals surface area contributed by atoms with Crippen LogP contribution in [-0.4, -0.2) is 36.4 Å². The molecule has 5 nitrogen and oxygen atoms in total. The molecule has 0 aromatic heterocycles. The summed E-state index contributed by atoms with van der Waals surface area (Å²) >= 11 is 0. The SMILES string of the molecule is CC/C=C\C/C=C\C/C=C\C/C=C\C/C=C\CC(=O)OC(CO)COC(=O)CCCCCCCCCCCCCCCCC/C=C\CCCCCCCCCC. The molecule has 0 heterocycles. The summed E-state index contributed by atoms with van der Waals surface area (Å²) in [6.45, 7) is 3.95. The van der Waals surface area contributed by atoms with Crippen molar-refractivity contribution in [3.05, 3.63) is 72.9 Å². The summed E-state index contributed by atoms with van der Waals surface area (Å²) in [6, 6.07) is 0. The van der Waals surface area contributed by atoms with Crippen molar-refractivity contribution < 1.29 is 24.2 Å². The largest absolute Gasteiger partial charge is 0.462 e. The number of carbonyl (C=O) groups is 2. The Morgan fingerprint density at radius 2 is 0.821 bits per heavy atom. The standard InChI is InChI=1S/C51H88O5/c1-3-5-7-9-11-13-15-17-19-20-21-22-23-24-25-26-27-28-29-30-32-33-35-37-39-41-43-45-50(53)55-48-49(47-52)56-51(54)46-44-42-40-38-36-34-31-18-16-14-12-10-8-6-4-2/h6,8,12,14,18,20-21,31,36,38,42,44,49,52H,3-5,7,9-11,13,15-17,19,22-30,32-35,37,39-41,43,45-48H2,1-2H3/b8-6-,14-12-,21-20-,31-18-,38-36-,44-42-. The fourth-order valence-electron chi connectivity index (χ4n) is 6.51. The summed E-state index contributed by atoms with van der Waals surface area (Å²) in [6.07, 6.45) is 63.1. The lowest BCUT2D eigenvalue weighted by Crippen LogP contribution is -2.28. The van der Waals surface area contributed by atoms with Gasteiger partial charge in [0, 0.05) is 6.42 Å². The number of esters is 2. The van der Waals surface area contributed by atoms with Crippen molar-refractivity contribution in [1.82, 2.24) is 0 Å². The molecule has 0 radical (unpaired) electrons. The predicted octanol–water partition coefficient (Wildman–Crippen LogP) is 15.3. The summed E-state index contributed by atoms with van der Waals surface area (Å²) in [5.41, 5.74) is 0. The summed E-state index contributed by atoms with van der Waals surface area (Å²) in [5, 5.41) is 9.56. The van der Waals surface area contributed by atoms with Crippen molar-refractivity contribution >= 4 is 11.9 Å². The van der Waals surface area contributed by atoms with Crippen molar-refractivity contribution in [3.8, 4) is 0 Å². The number of hydrogen-bond donors (Lipinski definition) is 1. The van der Waals surface area contributed by atoms with Gasteiger partial charge in [-0.2, -0.15) is 0 Å². The first-order chi connectivity index (χ1) is 27.6. The third-order valence-electron chi connectivity index (χ3n) is 10.0.